The summed E-state index contributed by atoms with van der Waals surface area (Å²) in [5.74, 6) is 0.429. The van der Waals surface area contributed by atoms with Crippen molar-refractivity contribution in [2.45, 2.75) is 59.8 Å². The molecule has 118 valence electrons. The normalized spacial score (nSPS) is 13.9. The molecule has 1 amide bonds. The third-order valence-corrected chi connectivity index (χ3v) is 2.60. The molecule has 20 heavy (non-hydrogen) atoms. The van der Waals surface area contributed by atoms with E-state index in [1.807, 2.05) is 41.5 Å². The summed E-state index contributed by atoms with van der Waals surface area (Å²) in [6, 6.07) is 0. The number of hydrogen-bond donors (Lipinski definition) is 1. The van der Waals surface area contributed by atoms with Crippen LogP contribution in [0.1, 0.15) is 48.0 Å². The molecule has 0 saturated carbocycles. The lowest BCUT2D eigenvalue weighted by Gasteiger charge is -2.33. The maximum atomic E-state index is 12.2. The Kier molecular flexibility index (Phi) is 7.57. The third-order valence-electron chi connectivity index (χ3n) is 2.60. The van der Waals surface area contributed by atoms with Gasteiger partial charge in [-0.25, -0.2) is 9.69 Å². The first-order chi connectivity index (χ1) is 9.17. The lowest BCUT2D eigenvalue weighted by Crippen LogP contribution is -2.50. The summed E-state index contributed by atoms with van der Waals surface area (Å²) in [5.41, 5.74) is -0.566. The van der Waals surface area contributed by atoms with Crippen LogP contribution in [0.2, 0.25) is 0 Å². The average molecular weight is 287 g/mol. The Hall–Kier alpha value is -1.30. The first-order valence-electron chi connectivity index (χ1n) is 7.13. The molecular formula is C14H29N3O3. The number of aliphatic hydroxyl groups excluding tert-OH is 1. The topological polar surface area (TPSA) is 65.4 Å². The van der Waals surface area contributed by atoms with Gasteiger partial charge in [-0.3, -0.25) is 4.99 Å². The van der Waals surface area contributed by atoms with E-state index >= 15 is 0 Å². The largest absolute Gasteiger partial charge is 0.443 e. The van der Waals surface area contributed by atoms with Crippen LogP contribution in [0.25, 0.3) is 0 Å². The van der Waals surface area contributed by atoms with Gasteiger partial charge in [-0.15, -0.1) is 0 Å². The highest BCUT2D eigenvalue weighted by Crippen LogP contribution is 2.12. The highest BCUT2D eigenvalue weighted by molar-refractivity contribution is 5.94. The van der Waals surface area contributed by atoms with Crippen LogP contribution in [-0.2, 0) is 4.74 Å². The Labute approximate surface area is 122 Å². The zero-order valence-electron chi connectivity index (χ0n) is 13.8. The van der Waals surface area contributed by atoms with E-state index in [0.29, 0.717) is 25.5 Å². The fourth-order valence-electron chi connectivity index (χ4n) is 1.61. The maximum absolute atomic E-state index is 12.2. The molecule has 1 unspecified atom stereocenters. The highest BCUT2D eigenvalue weighted by Gasteiger charge is 2.28. The minimum Gasteiger partial charge on any atom is -0.443 e. The van der Waals surface area contributed by atoms with E-state index in [1.54, 1.807) is 11.9 Å². The summed E-state index contributed by atoms with van der Waals surface area (Å²) >= 11 is 0. The number of carbonyl (C=O) groups is 1. The summed E-state index contributed by atoms with van der Waals surface area (Å²) in [7, 11) is 1.72. The number of nitrogens with zero attached hydrogens (tertiary/aromatic N) is 3. The lowest BCUT2D eigenvalue weighted by atomic mass is 10.2. The molecule has 0 radical (unpaired) electrons. The van der Waals surface area contributed by atoms with E-state index in [2.05, 4.69) is 4.99 Å². The van der Waals surface area contributed by atoms with Crippen LogP contribution in [0.5, 0.6) is 0 Å². The second-order valence-electron chi connectivity index (χ2n) is 5.50. The van der Waals surface area contributed by atoms with Gasteiger partial charge >= 0.3 is 6.09 Å². The van der Waals surface area contributed by atoms with Crippen molar-refractivity contribution >= 4 is 12.1 Å². The fourth-order valence-corrected chi connectivity index (χ4v) is 1.61. The van der Waals surface area contributed by atoms with Crippen molar-refractivity contribution in [3.8, 4) is 0 Å². The molecule has 0 bridgehead atoms. The van der Waals surface area contributed by atoms with Crippen molar-refractivity contribution in [3.63, 3.8) is 0 Å². The first-order valence-corrected chi connectivity index (χ1v) is 7.13. The Morgan fingerprint density at radius 1 is 1.30 bits per heavy atom. The minimum absolute atomic E-state index is 0.425. The third kappa shape index (κ3) is 5.77. The van der Waals surface area contributed by atoms with Gasteiger partial charge in [0.1, 0.15) is 11.8 Å². The number of hydrogen-bond acceptors (Lipinski definition) is 4. The Bertz CT molecular complexity index is 337. The molecule has 0 aromatic rings. The molecule has 0 fully saturated rings. The van der Waals surface area contributed by atoms with Gasteiger partial charge in [0.15, 0.2) is 0 Å². The Morgan fingerprint density at radius 3 is 2.20 bits per heavy atom. The van der Waals surface area contributed by atoms with E-state index in [0.717, 1.165) is 0 Å². The zero-order valence-corrected chi connectivity index (χ0v) is 13.8. The molecular weight excluding hydrogens is 258 g/mol. The second kappa shape index (κ2) is 8.09. The molecule has 6 heteroatoms. The number of aliphatic hydroxyl groups is 1. The predicted octanol–water partition coefficient (Wildman–Crippen LogP) is 2.28. The van der Waals surface area contributed by atoms with E-state index in [4.69, 9.17) is 4.74 Å². The van der Waals surface area contributed by atoms with Gasteiger partial charge in [0.05, 0.1) is 0 Å². The number of amides is 1. The van der Waals surface area contributed by atoms with E-state index in [-0.39, 0.29) is 0 Å². The average Bonchev–Trinajstić information content (AvgIpc) is 2.34. The van der Waals surface area contributed by atoms with Gasteiger partial charge < -0.3 is 14.7 Å². The Morgan fingerprint density at radius 2 is 1.85 bits per heavy atom. The smallest absolute Gasteiger partial charge is 0.417 e. The number of rotatable bonds is 4. The summed E-state index contributed by atoms with van der Waals surface area (Å²) in [6.07, 6.45) is -0.593. The molecule has 1 N–H and O–H groups in total. The van der Waals surface area contributed by atoms with Crippen LogP contribution in [0.15, 0.2) is 4.99 Å². The molecule has 0 aliphatic carbocycles. The molecule has 1 atom stereocenters. The van der Waals surface area contributed by atoms with Gasteiger partial charge in [0.25, 0.3) is 0 Å². The minimum atomic E-state index is -0.684. The van der Waals surface area contributed by atoms with Crippen molar-refractivity contribution in [2.75, 3.05) is 20.1 Å². The molecule has 0 aliphatic rings. The number of carbonyl (C=O) groups excluding carboxylic acids is 1. The molecule has 0 aromatic heterocycles. The molecule has 0 aromatic carbocycles. The second-order valence-corrected chi connectivity index (χ2v) is 5.50. The van der Waals surface area contributed by atoms with Crippen molar-refractivity contribution in [2.24, 2.45) is 4.99 Å². The van der Waals surface area contributed by atoms with Crippen LogP contribution in [0.3, 0.4) is 0 Å². The van der Waals surface area contributed by atoms with Crippen molar-refractivity contribution in [1.29, 1.82) is 0 Å². The van der Waals surface area contributed by atoms with Crippen molar-refractivity contribution in [1.82, 2.24) is 9.80 Å². The molecule has 6 nitrogen and oxygen atoms in total. The lowest BCUT2D eigenvalue weighted by molar-refractivity contribution is 0.0274. The van der Waals surface area contributed by atoms with Crippen LogP contribution >= 0.6 is 0 Å². The summed E-state index contributed by atoms with van der Waals surface area (Å²) in [5, 5.41) is 9.95. The number of ether oxygens (including phenoxy) is 1. The van der Waals surface area contributed by atoms with Crippen molar-refractivity contribution in [3.05, 3.63) is 0 Å². The molecule has 0 heterocycles. The maximum Gasteiger partial charge on any atom is 0.417 e. The van der Waals surface area contributed by atoms with E-state index in [9.17, 15) is 9.90 Å². The van der Waals surface area contributed by atoms with Crippen LogP contribution in [0.4, 0.5) is 4.79 Å². The Balaban J connectivity index is 5.22. The highest BCUT2D eigenvalue weighted by atomic mass is 16.6. The zero-order chi connectivity index (χ0) is 15.9. The standard InChI is InChI=1S/C14H29N3O3/c1-8-11(18)16(7)12(15-9-2)17(10-3)13(19)20-14(4,5)6/h11,18H,8-10H2,1-7H3/b15-12+. The van der Waals surface area contributed by atoms with E-state index in [1.165, 1.54) is 4.90 Å². The molecule has 0 spiro atoms. The molecule has 0 aliphatic heterocycles. The summed E-state index contributed by atoms with van der Waals surface area (Å²) in [4.78, 5) is 19.6. The summed E-state index contributed by atoms with van der Waals surface area (Å²) < 4.78 is 5.38. The van der Waals surface area contributed by atoms with Crippen LogP contribution < -0.4 is 0 Å². The van der Waals surface area contributed by atoms with Gasteiger partial charge in [0, 0.05) is 20.1 Å². The monoisotopic (exact) mass is 287 g/mol. The predicted molar refractivity (Wildman–Crippen MR) is 80.7 cm³/mol. The van der Waals surface area contributed by atoms with Gasteiger partial charge in [-0.05, 0) is 41.0 Å². The fraction of sp³-hybridized carbons (Fsp3) is 0.857. The van der Waals surface area contributed by atoms with Crippen molar-refractivity contribution < 1.29 is 14.6 Å². The molecule has 0 saturated heterocycles. The molecule has 0 rings (SSSR count). The first kappa shape index (κ1) is 18.7. The number of guanidine groups is 1. The van der Waals surface area contributed by atoms with Gasteiger partial charge in [-0.2, -0.15) is 0 Å². The van der Waals surface area contributed by atoms with E-state index < -0.39 is 17.9 Å². The van der Waals surface area contributed by atoms with Crippen LogP contribution in [-0.4, -0.2) is 58.9 Å². The SMILES string of the molecule is CC/N=C(/N(CC)C(=O)OC(C)(C)C)N(C)C(O)CC. The number of aliphatic imine (C=N–C) groups is 1. The summed E-state index contributed by atoms with van der Waals surface area (Å²) in [6.45, 7) is 12.0. The van der Waals surface area contributed by atoms with Crippen LogP contribution in [0, 0.1) is 0 Å². The quantitative estimate of drug-likeness (QED) is 0.489. The van der Waals surface area contributed by atoms with Gasteiger partial charge in [0.2, 0.25) is 5.96 Å². The van der Waals surface area contributed by atoms with Gasteiger partial charge in [-0.1, -0.05) is 6.92 Å².